The molecule has 0 bridgehead atoms. The molecule has 1 aromatic carbocycles. The van der Waals surface area contributed by atoms with Gasteiger partial charge in [-0.15, -0.1) is 0 Å². The monoisotopic (exact) mass is 375 g/mol. The summed E-state index contributed by atoms with van der Waals surface area (Å²) in [7, 11) is 0. The molecule has 0 saturated carbocycles. The number of aliphatic carboxylic acids is 1. The maximum atomic E-state index is 12.5. The summed E-state index contributed by atoms with van der Waals surface area (Å²) in [4.78, 5) is 37.2. The van der Waals surface area contributed by atoms with E-state index < -0.39 is 17.4 Å². The molecule has 136 valence electrons. The van der Waals surface area contributed by atoms with Gasteiger partial charge in [0.05, 0.1) is 16.6 Å². The number of nitrogens with zero attached hydrogens (tertiary/aromatic N) is 3. The van der Waals surface area contributed by atoms with Crippen LogP contribution >= 0.6 is 11.6 Å². The first kappa shape index (κ1) is 18.1. The van der Waals surface area contributed by atoms with E-state index in [1.807, 2.05) is 6.07 Å². The molecule has 7 nitrogen and oxygen atoms in total. The molecule has 1 amide bonds. The molecule has 1 aliphatic heterocycles. The van der Waals surface area contributed by atoms with Gasteiger partial charge in [-0.25, -0.2) is 4.68 Å². The number of carboxylic acids is 1. The molecule has 1 aromatic heterocycles. The van der Waals surface area contributed by atoms with E-state index >= 15 is 0 Å². The smallest absolute Gasteiger partial charge is 0.308 e. The molecular formula is C18H18ClN3O4. The van der Waals surface area contributed by atoms with Gasteiger partial charge in [-0.3, -0.25) is 14.4 Å². The second kappa shape index (κ2) is 7.70. The summed E-state index contributed by atoms with van der Waals surface area (Å²) in [6.45, 7) is 0.415. The average Bonchev–Trinajstić information content (AvgIpc) is 2.64. The third-order valence-electron chi connectivity index (χ3n) is 4.42. The summed E-state index contributed by atoms with van der Waals surface area (Å²) in [5, 5.41) is 13.9. The first-order valence-electron chi connectivity index (χ1n) is 8.29. The minimum Gasteiger partial charge on any atom is -0.481 e. The predicted octanol–water partition coefficient (Wildman–Crippen LogP) is 1.89. The van der Waals surface area contributed by atoms with Gasteiger partial charge in [0, 0.05) is 24.7 Å². The second-order valence-corrected chi connectivity index (χ2v) is 6.62. The number of hydrogen-bond donors (Lipinski definition) is 1. The summed E-state index contributed by atoms with van der Waals surface area (Å²) in [5.41, 5.74) is 0.755. The Balaban J connectivity index is 1.80. The fourth-order valence-corrected chi connectivity index (χ4v) is 3.24. The quantitative estimate of drug-likeness (QED) is 0.880. The highest BCUT2D eigenvalue weighted by atomic mass is 35.5. The Morgan fingerprint density at radius 1 is 1.23 bits per heavy atom. The van der Waals surface area contributed by atoms with Crippen LogP contribution in [0.2, 0.25) is 5.02 Å². The third-order valence-corrected chi connectivity index (χ3v) is 4.75. The van der Waals surface area contributed by atoms with Gasteiger partial charge >= 0.3 is 5.97 Å². The number of aromatic nitrogens is 2. The maximum absolute atomic E-state index is 12.5. The number of hydrogen-bond acceptors (Lipinski definition) is 4. The SMILES string of the molecule is O=C(O)[C@@H]1CCCN(C(=O)Cn2nc(-c3ccccc3Cl)ccc2=O)C1. The minimum absolute atomic E-state index is 0.160. The molecule has 0 radical (unpaired) electrons. The topological polar surface area (TPSA) is 92.5 Å². The Labute approximate surface area is 154 Å². The van der Waals surface area contributed by atoms with Gasteiger partial charge < -0.3 is 10.0 Å². The van der Waals surface area contributed by atoms with E-state index in [2.05, 4.69) is 5.10 Å². The number of carbonyl (C=O) groups excluding carboxylic acids is 1. The van der Waals surface area contributed by atoms with Crippen molar-refractivity contribution in [2.24, 2.45) is 5.92 Å². The second-order valence-electron chi connectivity index (χ2n) is 6.21. The van der Waals surface area contributed by atoms with Crippen LogP contribution in [0.25, 0.3) is 11.3 Å². The van der Waals surface area contributed by atoms with Crippen molar-refractivity contribution in [1.82, 2.24) is 14.7 Å². The predicted molar refractivity (Wildman–Crippen MR) is 95.9 cm³/mol. The molecule has 2 heterocycles. The lowest BCUT2D eigenvalue weighted by Gasteiger charge is -2.30. The number of carboxylic acid groups (broad SMARTS) is 1. The van der Waals surface area contributed by atoms with Crippen LogP contribution in [0.4, 0.5) is 0 Å². The highest BCUT2D eigenvalue weighted by Gasteiger charge is 2.28. The standard InChI is InChI=1S/C18H18ClN3O4/c19-14-6-2-1-5-13(14)15-7-8-16(23)22(20-15)11-17(24)21-9-3-4-12(10-21)18(25)26/h1-2,5-8,12H,3-4,9-11H2,(H,25,26)/t12-/m1/s1. The first-order valence-corrected chi connectivity index (χ1v) is 8.67. The number of piperidine rings is 1. The molecule has 0 spiro atoms. The van der Waals surface area contributed by atoms with Gasteiger partial charge in [0.25, 0.3) is 5.56 Å². The summed E-state index contributed by atoms with van der Waals surface area (Å²) < 4.78 is 1.09. The van der Waals surface area contributed by atoms with Crippen molar-refractivity contribution >= 4 is 23.5 Å². The van der Waals surface area contributed by atoms with Crippen molar-refractivity contribution in [3.63, 3.8) is 0 Å². The van der Waals surface area contributed by atoms with Crippen LogP contribution in [0.5, 0.6) is 0 Å². The van der Waals surface area contributed by atoms with E-state index in [-0.39, 0.29) is 19.0 Å². The lowest BCUT2D eigenvalue weighted by Crippen LogP contribution is -2.44. The molecule has 1 N–H and O–H groups in total. The Kier molecular flexibility index (Phi) is 5.37. The summed E-state index contributed by atoms with van der Waals surface area (Å²) in [6.07, 6.45) is 1.18. The third kappa shape index (κ3) is 3.94. The van der Waals surface area contributed by atoms with Crippen LogP contribution in [0.15, 0.2) is 41.2 Å². The number of carbonyl (C=O) groups is 2. The lowest BCUT2D eigenvalue weighted by molar-refractivity contribution is -0.145. The number of rotatable bonds is 4. The van der Waals surface area contributed by atoms with Crippen LogP contribution in [0.1, 0.15) is 12.8 Å². The molecule has 8 heteroatoms. The van der Waals surface area contributed by atoms with Crippen LogP contribution in [-0.2, 0) is 16.1 Å². The molecule has 1 saturated heterocycles. The van der Waals surface area contributed by atoms with Crippen LogP contribution in [-0.4, -0.2) is 44.8 Å². The van der Waals surface area contributed by atoms with E-state index in [9.17, 15) is 14.4 Å². The molecule has 1 aliphatic rings. The van der Waals surface area contributed by atoms with E-state index in [1.165, 1.54) is 11.0 Å². The molecular weight excluding hydrogens is 358 g/mol. The Bertz CT molecular complexity index is 896. The van der Waals surface area contributed by atoms with Crippen molar-refractivity contribution in [3.8, 4) is 11.3 Å². The number of benzene rings is 1. The summed E-state index contributed by atoms with van der Waals surface area (Å²) in [5.74, 6) is -1.78. The van der Waals surface area contributed by atoms with Gasteiger partial charge in [0.15, 0.2) is 0 Å². The summed E-state index contributed by atoms with van der Waals surface area (Å²) in [6, 6.07) is 10.0. The molecule has 3 rings (SSSR count). The van der Waals surface area contributed by atoms with Gasteiger partial charge in [-0.05, 0) is 25.0 Å². The largest absolute Gasteiger partial charge is 0.481 e. The Morgan fingerprint density at radius 3 is 2.73 bits per heavy atom. The van der Waals surface area contributed by atoms with E-state index in [0.29, 0.717) is 35.7 Å². The Hall–Kier alpha value is -2.67. The number of amides is 1. The van der Waals surface area contributed by atoms with Gasteiger partial charge in [0.1, 0.15) is 6.54 Å². The lowest BCUT2D eigenvalue weighted by atomic mass is 9.98. The van der Waals surface area contributed by atoms with E-state index in [4.69, 9.17) is 16.7 Å². The zero-order valence-corrected chi connectivity index (χ0v) is 14.7. The van der Waals surface area contributed by atoms with Crippen molar-refractivity contribution < 1.29 is 14.7 Å². The van der Waals surface area contributed by atoms with Crippen molar-refractivity contribution in [2.75, 3.05) is 13.1 Å². The fraction of sp³-hybridized carbons (Fsp3) is 0.333. The zero-order chi connectivity index (χ0) is 18.7. The molecule has 1 atom stereocenters. The maximum Gasteiger partial charge on any atom is 0.308 e. The van der Waals surface area contributed by atoms with Crippen molar-refractivity contribution in [1.29, 1.82) is 0 Å². The van der Waals surface area contributed by atoms with Crippen LogP contribution in [0.3, 0.4) is 0 Å². The molecule has 2 aromatic rings. The van der Waals surface area contributed by atoms with Crippen molar-refractivity contribution in [3.05, 3.63) is 51.8 Å². The number of likely N-dealkylation sites (tertiary alicyclic amines) is 1. The minimum atomic E-state index is -0.904. The van der Waals surface area contributed by atoms with Crippen LogP contribution in [0, 0.1) is 5.92 Å². The fourth-order valence-electron chi connectivity index (χ4n) is 3.01. The molecule has 26 heavy (non-hydrogen) atoms. The highest BCUT2D eigenvalue weighted by Crippen LogP contribution is 2.25. The molecule has 0 unspecified atom stereocenters. The van der Waals surface area contributed by atoms with Gasteiger partial charge in [-0.2, -0.15) is 5.10 Å². The van der Waals surface area contributed by atoms with Crippen molar-refractivity contribution in [2.45, 2.75) is 19.4 Å². The number of halogens is 1. The molecule has 0 aliphatic carbocycles. The average molecular weight is 376 g/mol. The van der Waals surface area contributed by atoms with Crippen LogP contribution < -0.4 is 5.56 Å². The van der Waals surface area contributed by atoms with E-state index in [1.54, 1.807) is 24.3 Å². The van der Waals surface area contributed by atoms with Gasteiger partial charge in [0.2, 0.25) is 5.91 Å². The highest BCUT2D eigenvalue weighted by molar-refractivity contribution is 6.33. The van der Waals surface area contributed by atoms with Gasteiger partial charge in [-0.1, -0.05) is 29.8 Å². The normalized spacial score (nSPS) is 17.1. The zero-order valence-electron chi connectivity index (χ0n) is 14.0. The molecule has 1 fully saturated rings. The first-order chi connectivity index (χ1) is 12.5. The Morgan fingerprint density at radius 2 is 2.00 bits per heavy atom. The van der Waals surface area contributed by atoms with E-state index in [0.717, 1.165) is 4.68 Å². The summed E-state index contributed by atoms with van der Waals surface area (Å²) >= 11 is 6.17.